The van der Waals surface area contributed by atoms with Crippen LogP contribution >= 0.6 is 0 Å². The first-order chi connectivity index (χ1) is 18.6. The molecule has 1 aliphatic heterocycles. The minimum atomic E-state index is 0.321. The van der Waals surface area contributed by atoms with Gasteiger partial charge in [0.1, 0.15) is 11.3 Å². The molecule has 0 atom stereocenters. The highest BCUT2D eigenvalue weighted by Crippen LogP contribution is 2.32. The smallest absolute Gasteiger partial charge is 0.165 e. The Morgan fingerprint density at radius 2 is 1.76 bits per heavy atom. The Bertz CT molecular complexity index is 1640. The Morgan fingerprint density at radius 3 is 2.53 bits per heavy atom. The molecule has 0 amide bonds. The van der Waals surface area contributed by atoms with Crippen LogP contribution in [0.1, 0.15) is 24.0 Å². The van der Waals surface area contributed by atoms with Crippen molar-refractivity contribution >= 4 is 17.0 Å². The van der Waals surface area contributed by atoms with Gasteiger partial charge in [0.05, 0.1) is 22.9 Å². The number of anilines is 1. The van der Waals surface area contributed by atoms with Crippen LogP contribution in [-0.4, -0.2) is 43.6 Å². The maximum Gasteiger partial charge on any atom is 0.165 e. The van der Waals surface area contributed by atoms with Gasteiger partial charge in [0.25, 0.3) is 0 Å². The minimum absolute atomic E-state index is 0.321. The first-order valence-electron chi connectivity index (χ1n) is 12.8. The van der Waals surface area contributed by atoms with Crippen molar-refractivity contribution in [3.8, 4) is 34.4 Å². The van der Waals surface area contributed by atoms with Gasteiger partial charge in [-0.3, -0.25) is 9.47 Å². The van der Waals surface area contributed by atoms with Crippen molar-refractivity contribution in [3.05, 3.63) is 90.1 Å². The van der Waals surface area contributed by atoms with E-state index in [4.69, 9.17) is 21.4 Å². The van der Waals surface area contributed by atoms with Gasteiger partial charge in [-0.05, 0) is 80.0 Å². The van der Waals surface area contributed by atoms with Crippen molar-refractivity contribution in [1.82, 2.24) is 24.4 Å². The van der Waals surface area contributed by atoms with Crippen molar-refractivity contribution in [2.75, 3.05) is 18.8 Å². The molecule has 38 heavy (non-hydrogen) atoms. The van der Waals surface area contributed by atoms with Gasteiger partial charge >= 0.3 is 0 Å². The number of aromatic nitrogens is 4. The number of hydrogen-bond donors (Lipinski definition) is 2. The highest BCUT2D eigenvalue weighted by atomic mass is 15.1. The molecule has 0 bridgehead atoms. The van der Waals surface area contributed by atoms with Crippen molar-refractivity contribution in [3.63, 3.8) is 0 Å². The van der Waals surface area contributed by atoms with Crippen LogP contribution < -0.4 is 11.5 Å². The average Bonchev–Trinajstić information content (AvgIpc) is 3.33. The van der Waals surface area contributed by atoms with Crippen LogP contribution in [0.3, 0.4) is 0 Å². The Hall–Kier alpha value is -4.58. The fourth-order valence-electron chi connectivity index (χ4n) is 5.02. The van der Waals surface area contributed by atoms with E-state index < -0.39 is 0 Å². The lowest BCUT2D eigenvalue weighted by atomic mass is 10.1. The number of imidazole rings is 1. The standard InChI is InChI=1S/C30H28N8/c31-18-21-3-1-4-22(17-21)26-10-11-27-30(35-26)38(29(36-27)25-5-2-14-34-28(25)33)24-8-6-20(7-9-24)19-37-15-12-23(32)13-16-37/h1-11,14,17,23H,12-13,15-16,19,32H2,(H2,33,34). The molecule has 1 saturated heterocycles. The molecule has 0 radical (unpaired) electrons. The van der Waals surface area contributed by atoms with E-state index in [0.717, 1.165) is 60.5 Å². The van der Waals surface area contributed by atoms with Gasteiger partial charge in [0.2, 0.25) is 0 Å². The van der Waals surface area contributed by atoms with Crippen LogP contribution in [0.2, 0.25) is 0 Å². The molecule has 8 heteroatoms. The summed E-state index contributed by atoms with van der Waals surface area (Å²) in [5.41, 5.74) is 19.0. The molecule has 1 aliphatic rings. The van der Waals surface area contributed by atoms with Crippen molar-refractivity contribution in [1.29, 1.82) is 5.26 Å². The summed E-state index contributed by atoms with van der Waals surface area (Å²) < 4.78 is 2.03. The second-order valence-electron chi connectivity index (χ2n) is 9.72. The van der Waals surface area contributed by atoms with Gasteiger partial charge in [-0.2, -0.15) is 5.26 Å². The normalized spacial score (nSPS) is 14.5. The maximum atomic E-state index is 9.36. The van der Waals surface area contributed by atoms with E-state index in [-0.39, 0.29) is 0 Å². The number of hydrogen-bond acceptors (Lipinski definition) is 7. The van der Waals surface area contributed by atoms with Crippen LogP contribution in [0.4, 0.5) is 5.82 Å². The van der Waals surface area contributed by atoms with Gasteiger partial charge in [-0.1, -0.05) is 24.3 Å². The molecule has 0 saturated carbocycles. The largest absolute Gasteiger partial charge is 0.383 e. The summed E-state index contributed by atoms with van der Waals surface area (Å²) in [7, 11) is 0. The van der Waals surface area contributed by atoms with Crippen LogP contribution in [0.5, 0.6) is 0 Å². The molecule has 0 spiro atoms. The predicted octanol–water partition coefficient (Wildman–Crippen LogP) is 4.53. The molecule has 6 rings (SSSR count). The number of nitrogens with zero attached hydrogens (tertiary/aromatic N) is 6. The summed E-state index contributed by atoms with van der Waals surface area (Å²) in [4.78, 5) is 16.7. The van der Waals surface area contributed by atoms with Crippen molar-refractivity contribution in [2.24, 2.45) is 5.73 Å². The van der Waals surface area contributed by atoms with Crippen molar-refractivity contribution in [2.45, 2.75) is 25.4 Å². The lowest BCUT2D eigenvalue weighted by Crippen LogP contribution is -2.39. The summed E-state index contributed by atoms with van der Waals surface area (Å²) in [6.07, 6.45) is 3.76. The van der Waals surface area contributed by atoms with E-state index in [9.17, 15) is 5.26 Å². The van der Waals surface area contributed by atoms with Gasteiger partial charge in [-0.25, -0.2) is 15.0 Å². The van der Waals surface area contributed by atoms with E-state index in [1.165, 1.54) is 5.56 Å². The molecule has 188 valence electrons. The highest BCUT2D eigenvalue weighted by molar-refractivity contribution is 5.84. The summed E-state index contributed by atoms with van der Waals surface area (Å²) in [5, 5.41) is 9.36. The number of benzene rings is 2. The zero-order valence-corrected chi connectivity index (χ0v) is 21.0. The van der Waals surface area contributed by atoms with Crippen LogP contribution in [-0.2, 0) is 6.54 Å². The number of rotatable bonds is 5. The molecule has 4 N–H and O–H groups in total. The average molecular weight is 501 g/mol. The van der Waals surface area contributed by atoms with Crippen LogP contribution in [0, 0.1) is 11.3 Å². The maximum absolute atomic E-state index is 9.36. The van der Waals surface area contributed by atoms with E-state index in [2.05, 4.69) is 40.2 Å². The fraction of sp³-hybridized carbons (Fsp3) is 0.200. The number of nitriles is 1. The van der Waals surface area contributed by atoms with Crippen LogP contribution in [0.15, 0.2) is 79.0 Å². The topological polar surface area (TPSA) is 123 Å². The lowest BCUT2D eigenvalue weighted by molar-refractivity contribution is 0.205. The molecule has 3 aromatic heterocycles. The Morgan fingerprint density at radius 1 is 0.947 bits per heavy atom. The molecular weight excluding hydrogens is 472 g/mol. The third kappa shape index (κ3) is 4.61. The number of nitrogen functional groups attached to an aromatic ring is 1. The van der Waals surface area contributed by atoms with E-state index >= 15 is 0 Å². The number of fused-ring (bicyclic) bond motifs is 1. The number of piperidine rings is 1. The quantitative estimate of drug-likeness (QED) is 0.363. The van der Waals surface area contributed by atoms with E-state index in [1.807, 2.05) is 47.0 Å². The molecule has 0 unspecified atom stereocenters. The van der Waals surface area contributed by atoms with E-state index in [0.29, 0.717) is 28.9 Å². The Labute approximate surface area is 221 Å². The predicted molar refractivity (Wildman–Crippen MR) is 149 cm³/mol. The second kappa shape index (κ2) is 10.1. The van der Waals surface area contributed by atoms with Crippen LogP contribution in [0.25, 0.3) is 39.5 Å². The van der Waals surface area contributed by atoms with Gasteiger partial charge in [0.15, 0.2) is 11.5 Å². The molecule has 5 aromatic rings. The van der Waals surface area contributed by atoms with Gasteiger partial charge in [0, 0.05) is 30.0 Å². The zero-order chi connectivity index (χ0) is 26.1. The number of nitrogens with two attached hydrogens (primary N) is 2. The van der Waals surface area contributed by atoms with E-state index in [1.54, 1.807) is 12.3 Å². The monoisotopic (exact) mass is 500 g/mol. The fourth-order valence-corrected chi connectivity index (χ4v) is 5.02. The minimum Gasteiger partial charge on any atom is -0.383 e. The first-order valence-corrected chi connectivity index (χ1v) is 12.8. The summed E-state index contributed by atoms with van der Waals surface area (Å²) >= 11 is 0. The Kier molecular flexibility index (Phi) is 6.30. The third-order valence-corrected chi connectivity index (χ3v) is 7.10. The Balaban J connectivity index is 1.44. The molecule has 8 nitrogen and oxygen atoms in total. The summed E-state index contributed by atoms with van der Waals surface area (Å²) in [6, 6.07) is 26.2. The number of pyridine rings is 2. The molecule has 4 heterocycles. The van der Waals surface area contributed by atoms with Gasteiger partial charge < -0.3 is 11.5 Å². The highest BCUT2D eigenvalue weighted by Gasteiger charge is 2.20. The molecule has 1 fully saturated rings. The lowest BCUT2D eigenvalue weighted by Gasteiger charge is -2.30. The second-order valence-corrected chi connectivity index (χ2v) is 9.72. The summed E-state index contributed by atoms with van der Waals surface area (Å²) in [5.74, 6) is 1.09. The molecule has 2 aromatic carbocycles. The number of likely N-dealkylation sites (tertiary alicyclic amines) is 1. The first kappa shape index (κ1) is 23.8. The van der Waals surface area contributed by atoms with Gasteiger partial charge in [-0.15, -0.1) is 0 Å². The molecule has 0 aliphatic carbocycles. The van der Waals surface area contributed by atoms with Crippen molar-refractivity contribution < 1.29 is 0 Å². The zero-order valence-electron chi connectivity index (χ0n) is 21.0. The summed E-state index contributed by atoms with van der Waals surface area (Å²) in [6.45, 7) is 2.95. The SMILES string of the molecule is N#Cc1cccc(-c2ccc3nc(-c4cccnc4N)n(-c4ccc(CN5CCC(N)CC5)cc4)c3n2)c1. The third-order valence-electron chi connectivity index (χ3n) is 7.10. The molecular formula is C30H28N8.